The fourth-order valence-electron chi connectivity index (χ4n) is 2.57. The number of carbonyl (C=O) groups is 1. The van der Waals surface area contributed by atoms with E-state index in [1.807, 2.05) is 12.1 Å². The predicted octanol–water partition coefficient (Wildman–Crippen LogP) is 0.837. The molecule has 8 nitrogen and oxygen atoms in total. The molecule has 1 aliphatic heterocycles. The molecular formula is C17H14N4O4. The summed E-state index contributed by atoms with van der Waals surface area (Å²) in [5, 5.41) is 3.16. The lowest BCUT2D eigenvalue weighted by molar-refractivity contribution is -0.121. The third-order valence-electron chi connectivity index (χ3n) is 3.84. The van der Waals surface area contributed by atoms with Crippen molar-refractivity contribution in [2.24, 2.45) is 0 Å². The Bertz CT molecular complexity index is 1010. The number of carbonyl (C=O) groups excluding carboxylic acids is 1. The minimum atomic E-state index is -0.295. The Morgan fingerprint density at radius 3 is 3.00 bits per heavy atom. The first-order valence-electron chi connectivity index (χ1n) is 7.66. The van der Waals surface area contributed by atoms with Gasteiger partial charge in [-0.25, -0.2) is 9.97 Å². The van der Waals surface area contributed by atoms with Crippen molar-refractivity contribution in [1.29, 1.82) is 0 Å². The van der Waals surface area contributed by atoms with E-state index in [0.29, 0.717) is 29.1 Å². The van der Waals surface area contributed by atoms with Crippen LogP contribution in [0.25, 0.3) is 11.0 Å². The molecular weight excluding hydrogens is 324 g/mol. The number of aromatic nitrogens is 3. The zero-order valence-electron chi connectivity index (χ0n) is 13.1. The smallest absolute Gasteiger partial charge is 0.263 e. The second-order valence-corrected chi connectivity index (χ2v) is 5.52. The summed E-state index contributed by atoms with van der Waals surface area (Å²) in [6, 6.07) is 8.77. The fraction of sp³-hybridized carbons (Fsp3) is 0.176. The average molecular weight is 338 g/mol. The van der Waals surface area contributed by atoms with Crippen LogP contribution < -0.4 is 20.3 Å². The summed E-state index contributed by atoms with van der Waals surface area (Å²) in [5.74, 6) is 1.07. The Hall–Kier alpha value is -3.42. The van der Waals surface area contributed by atoms with Gasteiger partial charge in [0.1, 0.15) is 12.9 Å². The van der Waals surface area contributed by atoms with Crippen molar-refractivity contribution in [3.05, 3.63) is 58.8 Å². The number of fused-ring (bicyclic) bond motifs is 2. The van der Waals surface area contributed by atoms with Gasteiger partial charge in [-0.05, 0) is 29.8 Å². The van der Waals surface area contributed by atoms with Crippen LogP contribution in [0.3, 0.4) is 0 Å². The highest BCUT2D eigenvalue weighted by Gasteiger charge is 2.14. The minimum Gasteiger partial charge on any atom is -0.454 e. The maximum atomic E-state index is 12.3. The molecule has 0 fully saturated rings. The molecule has 1 aliphatic rings. The van der Waals surface area contributed by atoms with Crippen LogP contribution in [0.2, 0.25) is 0 Å². The first-order valence-corrected chi connectivity index (χ1v) is 7.66. The number of rotatable bonds is 4. The van der Waals surface area contributed by atoms with Crippen molar-refractivity contribution in [3.63, 3.8) is 0 Å². The van der Waals surface area contributed by atoms with Gasteiger partial charge in [0, 0.05) is 12.7 Å². The third kappa shape index (κ3) is 3.01. The van der Waals surface area contributed by atoms with Crippen LogP contribution in [-0.2, 0) is 17.9 Å². The van der Waals surface area contributed by atoms with Gasteiger partial charge in [0.2, 0.25) is 12.7 Å². The molecule has 3 heterocycles. The Morgan fingerprint density at radius 2 is 2.08 bits per heavy atom. The predicted molar refractivity (Wildman–Crippen MR) is 88.2 cm³/mol. The Morgan fingerprint density at radius 1 is 1.20 bits per heavy atom. The first-order chi connectivity index (χ1) is 12.2. The van der Waals surface area contributed by atoms with Gasteiger partial charge >= 0.3 is 0 Å². The highest BCUT2D eigenvalue weighted by molar-refractivity contribution is 5.77. The summed E-state index contributed by atoms with van der Waals surface area (Å²) < 4.78 is 11.8. The monoisotopic (exact) mass is 338 g/mol. The van der Waals surface area contributed by atoms with Gasteiger partial charge in [-0.15, -0.1) is 0 Å². The molecule has 126 valence electrons. The number of pyridine rings is 1. The molecule has 1 N–H and O–H groups in total. The van der Waals surface area contributed by atoms with Gasteiger partial charge in [0.25, 0.3) is 5.56 Å². The molecule has 0 atom stereocenters. The summed E-state index contributed by atoms with van der Waals surface area (Å²) >= 11 is 0. The molecule has 4 rings (SSSR count). The maximum absolute atomic E-state index is 12.3. The molecule has 0 saturated carbocycles. The van der Waals surface area contributed by atoms with E-state index < -0.39 is 0 Å². The van der Waals surface area contributed by atoms with Gasteiger partial charge in [0.05, 0.1) is 5.39 Å². The van der Waals surface area contributed by atoms with Gasteiger partial charge in [-0.2, -0.15) is 0 Å². The summed E-state index contributed by atoms with van der Waals surface area (Å²) in [5.41, 5.74) is 0.951. The number of benzene rings is 1. The van der Waals surface area contributed by atoms with Gasteiger partial charge in [-0.1, -0.05) is 6.07 Å². The van der Waals surface area contributed by atoms with Gasteiger partial charge < -0.3 is 14.8 Å². The minimum absolute atomic E-state index is 0.110. The van der Waals surface area contributed by atoms with Crippen molar-refractivity contribution in [1.82, 2.24) is 19.9 Å². The summed E-state index contributed by atoms with van der Waals surface area (Å²) in [4.78, 5) is 32.6. The maximum Gasteiger partial charge on any atom is 0.263 e. The molecule has 0 bridgehead atoms. The first kappa shape index (κ1) is 15.1. The van der Waals surface area contributed by atoms with Crippen LogP contribution in [0.15, 0.2) is 47.7 Å². The molecule has 0 radical (unpaired) electrons. The second-order valence-electron chi connectivity index (χ2n) is 5.52. The van der Waals surface area contributed by atoms with E-state index in [4.69, 9.17) is 9.47 Å². The zero-order chi connectivity index (χ0) is 17.2. The largest absolute Gasteiger partial charge is 0.454 e. The lowest BCUT2D eigenvalue weighted by Crippen LogP contribution is -2.32. The van der Waals surface area contributed by atoms with Crippen LogP contribution in [0.1, 0.15) is 5.56 Å². The van der Waals surface area contributed by atoms with Crippen molar-refractivity contribution in [2.45, 2.75) is 13.1 Å². The van der Waals surface area contributed by atoms with Crippen LogP contribution in [0, 0.1) is 0 Å². The highest BCUT2D eigenvalue weighted by Crippen LogP contribution is 2.32. The Labute approximate surface area is 142 Å². The van der Waals surface area contributed by atoms with Crippen LogP contribution >= 0.6 is 0 Å². The lowest BCUT2D eigenvalue weighted by atomic mass is 10.2. The van der Waals surface area contributed by atoms with Crippen molar-refractivity contribution < 1.29 is 14.3 Å². The van der Waals surface area contributed by atoms with Crippen molar-refractivity contribution in [3.8, 4) is 11.5 Å². The van der Waals surface area contributed by atoms with E-state index in [1.165, 1.54) is 10.9 Å². The zero-order valence-corrected chi connectivity index (χ0v) is 13.1. The van der Waals surface area contributed by atoms with Gasteiger partial charge in [-0.3, -0.25) is 14.2 Å². The average Bonchev–Trinajstić information content (AvgIpc) is 3.10. The van der Waals surface area contributed by atoms with E-state index in [9.17, 15) is 9.59 Å². The van der Waals surface area contributed by atoms with Crippen LogP contribution in [0.4, 0.5) is 0 Å². The Balaban J connectivity index is 1.44. The number of ether oxygens (including phenoxy) is 2. The number of hydrogen-bond donors (Lipinski definition) is 1. The topological polar surface area (TPSA) is 95.3 Å². The number of amides is 1. The molecule has 8 heteroatoms. The number of hydrogen-bond acceptors (Lipinski definition) is 6. The standard InChI is InChI=1S/C17H14N4O4/c22-15(19-7-11-3-4-13-14(6-11)25-10-24-13)8-21-9-20-16-12(17(21)23)2-1-5-18-16/h1-6,9H,7-8,10H2,(H,19,22). The quantitative estimate of drug-likeness (QED) is 0.757. The molecule has 1 amide bonds. The lowest BCUT2D eigenvalue weighted by Gasteiger charge is -2.08. The van der Waals surface area contributed by atoms with E-state index in [0.717, 1.165) is 5.56 Å². The highest BCUT2D eigenvalue weighted by atomic mass is 16.7. The summed E-state index contributed by atoms with van der Waals surface area (Å²) in [6.45, 7) is 0.423. The normalized spacial score (nSPS) is 12.3. The van der Waals surface area contributed by atoms with E-state index in [1.54, 1.807) is 24.4 Å². The second kappa shape index (κ2) is 6.23. The fourth-order valence-corrected chi connectivity index (χ4v) is 2.57. The van der Waals surface area contributed by atoms with Crippen molar-refractivity contribution >= 4 is 16.9 Å². The molecule has 0 spiro atoms. The molecule has 25 heavy (non-hydrogen) atoms. The number of nitrogens with one attached hydrogen (secondary N) is 1. The van der Waals surface area contributed by atoms with E-state index in [-0.39, 0.29) is 24.8 Å². The SMILES string of the molecule is O=C(Cn1cnc2ncccc2c1=O)NCc1ccc2c(c1)OCO2. The summed E-state index contributed by atoms with van der Waals surface area (Å²) in [6.07, 6.45) is 2.90. The molecule has 0 aliphatic carbocycles. The Kier molecular flexibility index (Phi) is 3.77. The molecule has 1 aromatic carbocycles. The van der Waals surface area contributed by atoms with E-state index in [2.05, 4.69) is 15.3 Å². The molecule has 3 aromatic rings. The van der Waals surface area contributed by atoms with Gasteiger partial charge in [0.15, 0.2) is 17.1 Å². The molecule has 2 aromatic heterocycles. The van der Waals surface area contributed by atoms with Crippen molar-refractivity contribution in [2.75, 3.05) is 6.79 Å². The summed E-state index contributed by atoms with van der Waals surface area (Å²) in [7, 11) is 0. The van der Waals surface area contributed by atoms with E-state index >= 15 is 0 Å². The molecule has 0 unspecified atom stereocenters. The van der Waals surface area contributed by atoms with Crippen LogP contribution in [0.5, 0.6) is 11.5 Å². The number of nitrogens with zero attached hydrogens (tertiary/aromatic N) is 3. The van der Waals surface area contributed by atoms with Crippen LogP contribution in [-0.4, -0.2) is 27.2 Å². The third-order valence-corrected chi connectivity index (χ3v) is 3.84. The molecule has 0 saturated heterocycles.